The zero-order chi connectivity index (χ0) is 13.7. The fourth-order valence-corrected chi connectivity index (χ4v) is 1.98. The fourth-order valence-electron chi connectivity index (χ4n) is 1.98. The summed E-state index contributed by atoms with van der Waals surface area (Å²) in [6.45, 7) is 0.800. The number of nitrogens with one attached hydrogen (secondary N) is 1. The molecule has 0 aromatic heterocycles. The molecule has 1 aliphatic carbocycles. The SMILES string of the molecule is Nc1ccc(OCC(=O)NCC2(CCO)CC2)cc1. The Morgan fingerprint density at radius 3 is 2.63 bits per heavy atom. The van der Waals surface area contributed by atoms with Gasteiger partial charge in [-0.25, -0.2) is 0 Å². The first-order valence-corrected chi connectivity index (χ1v) is 6.49. The van der Waals surface area contributed by atoms with Gasteiger partial charge in [0.25, 0.3) is 5.91 Å². The van der Waals surface area contributed by atoms with Crippen LogP contribution in [0.1, 0.15) is 19.3 Å². The van der Waals surface area contributed by atoms with Gasteiger partial charge in [0.2, 0.25) is 0 Å². The van der Waals surface area contributed by atoms with Crippen molar-refractivity contribution < 1.29 is 14.6 Å². The smallest absolute Gasteiger partial charge is 0.257 e. The Morgan fingerprint density at radius 1 is 1.37 bits per heavy atom. The number of ether oxygens (including phenoxy) is 1. The normalized spacial score (nSPS) is 15.8. The van der Waals surface area contributed by atoms with Crippen molar-refractivity contribution in [1.29, 1.82) is 0 Å². The summed E-state index contributed by atoms with van der Waals surface area (Å²) in [5.41, 5.74) is 6.35. The quantitative estimate of drug-likeness (QED) is 0.639. The van der Waals surface area contributed by atoms with E-state index in [4.69, 9.17) is 15.6 Å². The predicted octanol–water partition coefficient (Wildman–Crippen LogP) is 0.926. The number of carbonyl (C=O) groups excluding carboxylic acids is 1. The van der Waals surface area contributed by atoms with E-state index in [9.17, 15) is 4.79 Å². The number of carbonyl (C=O) groups is 1. The van der Waals surface area contributed by atoms with Crippen LogP contribution in [0.15, 0.2) is 24.3 Å². The number of benzene rings is 1. The van der Waals surface area contributed by atoms with E-state index in [1.807, 2.05) is 0 Å². The lowest BCUT2D eigenvalue weighted by atomic mass is 10.0. The Morgan fingerprint density at radius 2 is 2.05 bits per heavy atom. The Balaban J connectivity index is 1.69. The summed E-state index contributed by atoms with van der Waals surface area (Å²) in [6.07, 6.45) is 2.91. The number of nitrogens with two attached hydrogens (primary N) is 1. The van der Waals surface area contributed by atoms with E-state index in [2.05, 4.69) is 5.32 Å². The number of nitrogen functional groups attached to an aromatic ring is 1. The standard InChI is InChI=1S/C14H20N2O3/c15-11-1-3-12(4-2-11)19-9-13(18)16-10-14(5-6-14)7-8-17/h1-4,17H,5-10,15H2,(H,16,18). The number of rotatable bonds is 7. The van der Waals surface area contributed by atoms with Crippen molar-refractivity contribution in [2.24, 2.45) is 5.41 Å². The number of aliphatic hydroxyl groups excluding tert-OH is 1. The Bertz CT molecular complexity index is 427. The second kappa shape index (κ2) is 5.93. The molecule has 0 bridgehead atoms. The average molecular weight is 264 g/mol. The second-order valence-corrected chi connectivity index (χ2v) is 5.11. The highest BCUT2D eigenvalue weighted by atomic mass is 16.5. The maximum atomic E-state index is 11.6. The van der Waals surface area contributed by atoms with Crippen LogP contribution in [0.3, 0.4) is 0 Å². The highest BCUT2D eigenvalue weighted by Gasteiger charge is 2.41. The molecule has 0 spiro atoms. The summed E-state index contributed by atoms with van der Waals surface area (Å²) < 4.78 is 5.35. The Labute approximate surface area is 112 Å². The lowest BCUT2D eigenvalue weighted by molar-refractivity contribution is -0.123. The van der Waals surface area contributed by atoms with E-state index in [1.54, 1.807) is 24.3 Å². The van der Waals surface area contributed by atoms with Crippen LogP contribution >= 0.6 is 0 Å². The molecule has 1 amide bonds. The van der Waals surface area contributed by atoms with Crippen molar-refractivity contribution in [3.8, 4) is 5.75 Å². The Kier molecular flexibility index (Phi) is 4.27. The third kappa shape index (κ3) is 4.13. The first-order chi connectivity index (χ1) is 9.13. The highest BCUT2D eigenvalue weighted by molar-refractivity contribution is 5.77. The van der Waals surface area contributed by atoms with Gasteiger partial charge in [-0.2, -0.15) is 0 Å². The van der Waals surface area contributed by atoms with Crippen LogP contribution in [0.4, 0.5) is 5.69 Å². The monoisotopic (exact) mass is 264 g/mol. The van der Waals surface area contributed by atoms with Crippen LogP contribution in [-0.2, 0) is 4.79 Å². The van der Waals surface area contributed by atoms with Crippen molar-refractivity contribution in [3.63, 3.8) is 0 Å². The van der Waals surface area contributed by atoms with Crippen molar-refractivity contribution in [1.82, 2.24) is 5.32 Å². The van der Waals surface area contributed by atoms with Gasteiger partial charge in [0.05, 0.1) is 0 Å². The third-order valence-corrected chi connectivity index (χ3v) is 3.51. The molecule has 19 heavy (non-hydrogen) atoms. The molecule has 5 heteroatoms. The topological polar surface area (TPSA) is 84.6 Å². The van der Waals surface area contributed by atoms with E-state index in [0.29, 0.717) is 18.0 Å². The van der Waals surface area contributed by atoms with Gasteiger partial charge in [-0.1, -0.05) is 0 Å². The first kappa shape index (κ1) is 13.7. The molecule has 0 heterocycles. The lowest BCUT2D eigenvalue weighted by Crippen LogP contribution is -2.34. The van der Waals surface area contributed by atoms with Gasteiger partial charge in [0.15, 0.2) is 6.61 Å². The maximum Gasteiger partial charge on any atom is 0.257 e. The van der Waals surface area contributed by atoms with Crippen molar-refractivity contribution in [3.05, 3.63) is 24.3 Å². The maximum absolute atomic E-state index is 11.6. The molecule has 5 nitrogen and oxygen atoms in total. The number of hydrogen-bond acceptors (Lipinski definition) is 4. The van der Waals surface area contributed by atoms with Crippen LogP contribution in [0.25, 0.3) is 0 Å². The molecule has 2 rings (SSSR count). The highest BCUT2D eigenvalue weighted by Crippen LogP contribution is 2.47. The van der Waals surface area contributed by atoms with E-state index in [-0.39, 0.29) is 24.5 Å². The second-order valence-electron chi connectivity index (χ2n) is 5.11. The predicted molar refractivity (Wildman–Crippen MR) is 72.7 cm³/mol. The van der Waals surface area contributed by atoms with Crippen LogP contribution in [0.2, 0.25) is 0 Å². The van der Waals surface area contributed by atoms with Crippen molar-refractivity contribution in [2.75, 3.05) is 25.5 Å². The minimum atomic E-state index is -0.138. The summed E-state index contributed by atoms with van der Waals surface area (Å²) in [4.78, 5) is 11.6. The summed E-state index contributed by atoms with van der Waals surface area (Å²) in [7, 11) is 0. The number of anilines is 1. The van der Waals surface area contributed by atoms with Gasteiger partial charge in [0, 0.05) is 18.8 Å². The molecule has 1 fully saturated rings. The third-order valence-electron chi connectivity index (χ3n) is 3.51. The number of hydrogen-bond donors (Lipinski definition) is 3. The minimum Gasteiger partial charge on any atom is -0.484 e. The molecular weight excluding hydrogens is 244 g/mol. The molecule has 0 radical (unpaired) electrons. The molecule has 1 saturated carbocycles. The average Bonchev–Trinajstić information content (AvgIpc) is 3.17. The van der Waals surface area contributed by atoms with Gasteiger partial charge in [0.1, 0.15) is 5.75 Å². The van der Waals surface area contributed by atoms with E-state index in [1.165, 1.54) is 0 Å². The van der Waals surface area contributed by atoms with Crippen LogP contribution in [0.5, 0.6) is 5.75 Å². The van der Waals surface area contributed by atoms with Crippen LogP contribution in [-0.4, -0.2) is 30.8 Å². The summed E-state index contributed by atoms with van der Waals surface area (Å²) >= 11 is 0. The van der Waals surface area contributed by atoms with Gasteiger partial charge in [-0.05, 0) is 48.9 Å². The summed E-state index contributed by atoms with van der Waals surface area (Å²) in [5.74, 6) is 0.488. The minimum absolute atomic E-state index is 0.000870. The molecule has 0 aliphatic heterocycles. The molecule has 0 saturated heterocycles. The molecule has 0 atom stereocenters. The van der Waals surface area contributed by atoms with E-state index < -0.39 is 0 Å². The lowest BCUT2D eigenvalue weighted by Gasteiger charge is -2.14. The van der Waals surface area contributed by atoms with Crippen molar-refractivity contribution in [2.45, 2.75) is 19.3 Å². The van der Waals surface area contributed by atoms with Crippen LogP contribution in [0, 0.1) is 5.41 Å². The first-order valence-electron chi connectivity index (χ1n) is 6.49. The largest absolute Gasteiger partial charge is 0.484 e. The fraction of sp³-hybridized carbons (Fsp3) is 0.500. The molecule has 1 aromatic carbocycles. The van der Waals surface area contributed by atoms with Crippen LogP contribution < -0.4 is 15.8 Å². The zero-order valence-corrected chi connectivity index (χ0v) is 10.9. The van der Waals surface area contributed by atoms with Gasteiger partial charge in [-0.15, -0.1) is 0 Å². The van der Waals surface area contributed by atoms with E-state index in [0.717, 1.165) is 19.3 Å². The molecule has 4 N–H and O–H groups in total. The van der Waals surface area contributed by atoms with Gasteiger partial charge in [-0.3, -0.25) is 4.79 Å². The molecular formula is C14H20N2O3. The zero-order valence-electron chi connectivity index (χ0n) is 10.9. The summed E-state index contributed by atoms with van der Waals surface area (Å²) in [6, 6.07) is 6.93. The molecule has 0 unspecified atom stereocenters. The molecule has 104 valence electrons. The number of amides is 1. The number of aliphatic hydroxyl groups is 1. The van der Waals surface area contributed by atoms with Gasteiger partial charge < -0.3 is 20.9 Å². The molecule has 1 aliphatic rings. The van der Waals surface area contributed by atoms with E-state index >= 15 is 0 Å². The summed E-state index contributed by atoms with van der Waals surface area (Å²) in [5, 5.41) is 11.8. The van der Waals surface area contributed by atoms with Gasteiger partial charge >= 0.3 is 0 Å². The van der Waals surface area contributed by atoms with Crippen molar-refractivity contribution >= 4 is 11.6 Å². The Hall–Kier alpha value is -1.75. The molecule has 1 aromatic rings.